The van der Waals surface area contributed by atoms with Gasteiger partial charge in [0.05, 0.1) is 42.2 Å². The number of dihydropyridines is 1. The second kappa shape index (κ2) is 8.68. The minimum atomic E-state index is -4.59. The smallest absolute Gasteiger partial charge is 0.416 e. The van der Waals surface area contributed by atoms with Gasteiger partial charge in [-0.3, -0.25) is 0 Å². The molecule has 9 heteroatoms. The van der Waals surface area contributed by atoms with E-state index in [9.17, 15) is 22.8 Å². The SMILES string of the molecule is CCOC(=O)C1=C(CCl)NC(C)=C(C(=O)OC)C1c1cccc(C(F)(F)F)c1. The van der Waals surface area contributed by atoms with Crippen molar-refractivity contribution in [2.24, 2.45) is 0 Å². The van der Waals surface area contributed by atoms with Crippen LogP contribution >= 0.6 is 11.6 Å². The molecular weight excluding hydrogens is 399 g/mol. The maximum Gasteiger partial charge on any atom is 0.416 e. The lowest BCUT2D eigenvalue weighted by Crippen LogP contribution is -2.33. The maximum atomic E-state index is 13.2. The Bertz CT molecular complexity index is 846. The van der Waals surface area contributed by atoms with E-state index in [0.29, 0.717) is 5.70 Å². The Labute approximate surface area is 165 Å². The summed E-state index contributed by atoms with van der Waals surface area (Å²) >= 11 is 5.96. The van der Waals surface area contributed by atoms with Crippen LogP contribution in [0.15, 0.2) is 46.8 Å². The van der Waals surface area contributed by atoms with E-state index < -0.39 is 29.6 Å². The fourth-order valence-corrected chi connectivity index (χ4v) is 3.27. The molecule has 0 fully saturated rings. The summed E-state index contributed by atoms with van der Waals surface area (Å²) in [4.78, 5) is 25.0. The normalized spacial score (nSPS) is 17.3. The third-order valence-electron chi connectivity index (χ3n) is 4.23. The zero-order chi connectivity index (χ0) is 21.1. The summed E-state index contributed by atoms with van der Waals surface area (Å²) in [6.45, 7) is 3.20. The molecule has 1 aliphatic heterocycles. The van der Waals surface area contributed by atoms with Crippen molar-refractivity contribution in [2.75, 3.05) is 19.6 Å². The van der Waals surface area contributed by atoms with Crippen LogP contribution in [0.3, 0.4) is 0 Å². The molecule has 1 atom stereocenters. The summed E-state index contributed by atoms with van der Waals surface area (Å²) in [7, 11) is 1.15. The van der Waals surface area contributed by atoms with Crippen LogP contribution in [-0.2, 0) is 25.2 Å². The number of nitrogens with one attached hydrogen (secondary N) is 1. The van der Waals surface area contributed by atoms with Gasteiger partial charge in [0.25, 0.3) is 0 Å². The Hall–Kier alpha value is -2.48. The molecule has 0 saturated carbocycles. The van der Waals surface area contributed by atoms with Gasteiger partial charge in [-0.2, -0.15) is 13.2 Å². The number of carbonyl (C=O) groups excluding carboxylic acids is 2. The zero-order valence-electron chi connectivity index (χ0n) is 15.4. The Morgan fingerprint density at radius 2 is 1.89 bits per heavy atom. The quantitative estimate of drug-likeness (QED) is 0.581. The molecule has 0 bridgehead atoms. The number of methoxy groups -OCH3 is 1. The largest absolute Gasteiger partial charge is 0.466 e. The lowest BCUT2D eigenvalue weighted by atomic mass is 9.80. The van der Waals surface area contributed by atoms with Crippen LogP contribution in [0.25, 0.3) is 0 Å². The van der Waals surface area contributed by atoms with Crippen molar-refractivity contribution in [3.8, 4) is 0 Å². The number of allylic oxidation sites excluding steroid dienone is 2. The highest BCUT2D eigenvalue weighted by atomic mass is 35.5. The predicted molar refractivity (Wildman–Crippen MR) is 96.4 cm³/mol. The maximum absolute atomic E-state index is 13.2. The van der Waals surface area contributed by atoms with Gasteiger partial charge in [0, 0.05) is 11.4 Å². The summed E-state index contributed by atoms with van der Waals surface area (Å²) in [5.74, 6) is -2.80. The Morgan fingerprint density at radius 1 is 1.21 bits per heavy atom. The number of carbonyl (C=O) groups is 2. The predicted octanol–water partition coefficient (Wildman–Crippen LogP) is 3.90. The van der Waals surface area contributed by atoms with E-state index in [-0.39, 0.29) is 34.9 Å². The van der Waals surface area contributed by atoms with E-state index in [0.717, 1.165) is 19.2 Å². The molecule has 5 nitrogen and oxygen atoms in total. The first-order valence-corrected chi connectivity index (χ1v) is 8.88. The van der Waals surface area contributed by atoms with Gasteiger partial charge in [0.1, 0.15) is 0 Å². The molecule has 1 aliphatic rings. The summed E-state index contributed by atoms with van der Waals surface area (Å²) in [6.07, 6.45) is -4.59. The van der Waals surface area contributed by atoms with Crippen LogP contribution in [0.5, 0.6) is 0 Å². The van der Waals surface area contributed by atoms with Gasteiger partial charge in [0.15, 0.2) is 0 Å². The average Bonchev–Trinajstić information content (AvgIpc) is 2.65. The molecule has 0 spiro atoms. The van der Waals surface area contributed by atoms with Gasteiger partial charge in [-0.1, -0.05) is 18.2 Å². The molecule has 2 rings (SSSR count). The Balaban J connectivity index is 2.75. The molecule has 1 N–H and O–H groups in total. The number of rotatable bonds is 5. The van der Waals surface area contributed by atoms with Crippen LogP contribution in [-0.4, -0.2) is 31.5 Å². The second-order valence-electron chi connectivity index (χ2n) is 5.96. The van der Waals surface area contributed by atoms with Gasteiger partial charge in [0.2, 0.25) is 0 Å². The first-order chi connectivity index (χ1) is 13.1. The molecule has 152 valence electrons. The Morgan fingerprint density at radius 3 is 2.43 bits per heavy atom. The summed E-state index contributed by atoms with van der Waals surface area (Å²) in [5.41, 5.74) is -0.227. The summed E-state index contributed by atoms with van der Waals surface area (Å²) in [6, 6.07) is 4.44. The number of alkyl halides is 4. The van der Waals surface area contributed by atoms with Crippen LogP contribution in [0.4, 0.5) is 13.2 Å². The monoisotopic (exact) mass is 417 g/mol. The molecule has 1 unspecified atom stereocenters. The molecule has 0 aliphatic carbocycles. The molecule has 0 radical (unpaired) electrons. The number of esters is 2. The number of halogens is 4. The lowest BCUT2D eigenvalue weighted by molar-refractivity contribution is -0.139. The highest BCUT2D eigenvalue weighted by molar-refractivity contribution is 6.20. The van der Waals surface area contributed by atoms with Crippen LogP contribution in [0.2, 0.25) is 0 Å². The van der Waals surface area contributed by atoms with E-state index in [4.69, 9.17) is 21.1 Å². The van der Waals surface area contributed by atoms with Crippen LogP contribution < -0.4 is 5.32 Å². The van der Waals surface area contributed by atoms with E-state index in [2.05, 4.69) is 5.32 Å². The topological polar surface area (TPSA) is 64.6 Å². The highest BCUT2D eigenvalue weighted by Gasteiger charge is 2.39. The number of hydrogen-bond acceptors (Lipinski definition) is 5. The average molecular weight is 418 g/mol. The van der Waals surface area contributed by atoms with E-state index in [1.165, 1.54) is 12.1 Å². The third-order valence-corrected chi connectivity index (χ3v) is 4.49. The zero-order valence-corrected chi connectivity index (χ0v) is 16.2. The lowest BCUT2D eigenvalue weighted by Gasteiger charge is -2.31. The van der Waals surface area contributed by atoms with E-state index in [1.54, 1.807) is 13.8 Å². The van der Waals surface area contributed by atoms with E-state index >= 15 is 0 Å². The summed E-state index contributed by atoms with van der Waals surface area (Å²) < 4.78 is 49.5. The van der Waals surface area contributed by atoms with Crippen LogP contribution in [0.1, 0.15) is 30.9 Å². The molecule has 1 aromatic rings. The van der Waals surface area contributed by atoms with Gasteiger partial charge >= 0.3 is 18.1 Å². The van der Waals surface area contributed by atoms with Gasteiger partial charge in [-0.15, -0.1) is 11.6 Å². The highest BCUT2D eigenvalue weighted by Crippen LogP contribution is 2.41. The van der Waals surface area contributed by atoms with Crippen molar-refractivity contribution in [2.45, 2.75) is 25.9 Å². The fraction of sp³-hybridized carbons (Fsp3) is 0.368. The Kier molecular flexibility index (Phi) is 6.77. The molecule has 0 saturated heterocycles. The third kappa shape index (κ3) is 4.32. The number of hydrogen-bond donors (Lipinski definition) is 1. The van der Waals surface area contributed by atoms with Gasteiger partial charge in [-0.05, 0) is 25.5 Å². The first kappa shape index (κ1) is 21.8. The standard InChI is InChI=1S/C19H19ClF3NO4/c1-4-28-18(26)16-13(9-20)24-10(2)14(17(25)27-3)15(16)11-6-5-7-12(8-11)19(21,22)23/h5-8,15,24H,4,9H2,1-3H3. The fourth-order valence-electron chi connectivity index (χ4n) is 3.06. The molecule has 0 amide bonds. The first-order valence-electron chi connectivity index (χ1n) is 8.35. The molecule has 1 aromatic carbocycles. The minimum absolute atomic E-state index is 0.0127. The molecular formula is C19H19ClF3NO4. The van der Waals surface area contributed by atoms with Crippen LogP contribution in [0, 0.1) is 0 Å². The van der Waals surface area contributed by atoms with Crippen molar-refractivity contribution < 1.29 is 32.2 Å². The van der Waals surface area contributed by atoms with Crippen molar-refractivity contribution >= 4 is 23.5 Å². The van der Waals surface area contributed by atoms with E-state index in [1.807, 2.05) is 0 Å². The summed E-state index contributed by atoms with van der Waals surface area (Å²) in [5, 5.41) is 2.87. The van der Waals surface area contributed by atoms with Crippen molar-refractivity contribution in [3.05, 3.63) is 57.9 Å². The number of ether oxygens (including phenoxy) is 2. The van der Waals surface area contributed by atoms with Gasteiger partial charge < -0.3 is 14.8 Å². The van der Waals surface area contributed by atoms with Crippen molar-refractivity contribution in [1.82, 2.24) is 5.32 Å². The van der Waals surface area contributed by atoms with Crippen molar-refractivity contribution in [3.63, 3.8) is 0 Å². The molecule has 0 aromatic heterocycles. The second-order valence-corrected chi connectivity index (χ2v) is 6.23. The minimum Gasteiger partial charge on any atom is -0.466 e. The number of benzene rings is 1. The van der Waals surface area contributed by atoms with Crippen molar-refractivity contribution in [1.29, 1.82) is 0 Å². The molecule has 1 heterocycles. The van der Waals surface area contributed by atoms with Gasteiger partial charge in [-0.25, -0.2) is 9.59 Å². The molecule has 28 heavy (non-hydrogen) atoms.